The fourth-order valence-corrected chi connectivity index (χ4v) is 4.99. The topological polar surface area (TPSA) is 64.2 Å². The molecule has 0 unspecified atom stereocenters. The Morgan fingerprint density at radius 2 is 1.68 bits per heavy atom. The van der Waals surface area contributed by atoms with Crippen LogP contribution >= 0.6 is 0 Å². The average Bonchev–Trinajstić information content (AvgIpc) is 2.97. The van der Waals surface area contributed by atoms with E-state index in [4.69, 9.17) is 0 Å². The molecule has 7 nitrogen and oxygen atoms in total. The van der Waals surface area contributed by atoms with E-state index in [2.05, 4.69) is 29.2 Å². The number of urea groups is 1. The number of imide groups is 1. The maximum atomic E-state index is 13.1. The second-order valence-corrected chi connectivity index (χ2v) is 8.82. The van der Waals surface area contributed by atoms with E-state index in [-0.39, 0.29) is 24.4 Å². The molecule has 1 aliphatic carbocycles. The van der Waals surface area contributed by atoms with Crippen LogP contribution in [0.5, 0.6) is 0 Å². The van der Waals surface area contributed by atoms with E-state index >= 15 is 0 Å². The number of hydrogen-bond acceptors (Lipinski definition) is 4. The van der Waals surface area contributed by atoms with Crippen LogP contribution in [-0.2, 0) is 9.59 Å². The van der Waals surface area contributed by atoms with Crippen LogP contribution in [0.3, 0.4) is 0 Å². The fraction of sp³-hybridized carbons (Fsp3) is 0.542. The van der Waals surface area contributed by atoms with Gasteiger partial charge in [0.15, 0.2) is 0 Å². The zero-order chi connectivity index (χ0) is 21.8. The maximum Gasteiger partial charge on any atom is 0.327 e. The van der Waals surface area contributed by atoms with Crippen LogP contribution < -0.4 is 0 Å². The number of nitrogens with zero attached hydrogens (tertiary/aromatic N) is 4. The van der Waals surface area contributed by atoms with Crippen molar-refractivity contribution in [1.29, 1.82) is 0 Å². The molecule has 0 bridgehead atoms. The molecule has 31 heavy (non-hydrogen) atoms. The highest BCUT2D eigenvalue weighted by Gasteiger charge is 2.56. The van der Waals surface area contributed by atoms with Crippen molar-refractivity contribution >= 4 is 23.9 Å². The van der Waals surface area contributed by atoms with Gasteiger partial charge in [0.1, 0.15) is 12.1 Å². The summed E-state index contributed by atoms with van der Waals surface area (Å²) in [6, 6.07) is 9.86. The summed E-state index contributed by atoms with van der Waals surface area (Å²) in [7, 11) is 1.71. The number of amides is 4. The van der Waals surface area contributed by atoms with Gasteiger partial charge in [0.2, 0.25) is 5.91 Å². The van der Waals surface area contributed by atoms with Crippen molar-refractivity contribution in [3.05, 3.63) is 42.0 Å². The van der Waals surface area contributed by atoms with Crippen molar-refractivity contribution in [2.75, 3.05) is 46.3 Å². The zero-order valence-electron chi connectivity index (χ0n) is 18.3. The Morgan fingerprint density at radius 1 is 1.00 bits per heavy atom. The second kappa shape index (κ2) is 9.22. The van der Waals surface area contributed by atoms with E-state index in [1.165, 1.54) is 10.5 Å². The first-order chi connectivity index (χ1) is 15.0. The van der Waals surface area contributed by atoms with E-state index in [9.17, 15) is 14.4 Å². The van der Waals surface area contributed by atoms with Gasteiger partial charge >= 0.3 is 6.03 Å². The Labute approximate surface area is 184 Å². The summed E-state index contributed by atoms with van der Waals surface area (Å²) >= 11 is 0. The second-order valence-electron chi connectivity index (χ2n) is 8.82. The van der Waals surface area contributed by atoms with Crippen LogP contribution in [0.15, 0.2) is 36.4 Å². The van der Waals surface area contributed by atoms with Crippen LogP contribution in [0.25, 0.3) is 6.08 Å². The molecule has 0 radical (unpaired) electrons. The summed E-state index contributed by atoms with van der Waals surface area (Å²) in [6.45, 7) is 3.52. The van der Waals surface area contributed by atoms with Crippen LogP contribution in [0.4, 0.5) is 4.79 Å². The molecule has 4 amide bonds. The normalized spacial score (nSPS) is 22.2. The van der Waals surface area contributed by atoms with Gasteiger partial charge in [-0.15, -0.1) is 0 Å². The monoisotopic (exact) mass is 424 g/mol. The fourth-order valence-electron chi connectivity index (χ4n) is 4.99. The number of likely N-dealkylation sites (N-methyl/N-ethyl adjacent to an activating group) is 1. The molecule has 1 aromatic rings. The third-order valence-corrected chi connectivity index (χ3v) is 6.98. The quantitative estimate of drug-likeness (QED) is 0.681. The highest BCUT2D eigenvalue weighted by molar-refractivity contribution is 6.08. The molecule has 1 spiro atoms. The molecule has 1 saturated carbocycles. The lowest BCUT2D eigenvalue weighted by Gasteiger charge is -2.36. The summed E-state index contributed by atoms with van der Waals surface area (Å²) in [5.74, 6) is -0.319. The molecule has 1 aromatic carbocycles. The molecule has 4 rings (SSSR count). The van der Waals surface area contributed by atoms with E-state index in [0.29, 0.717) is 25.9 Å². The Hall–Kier alpha value is -2.67. The lowest BCUT2D eigenvalue weighted by Crippen LogP contribution is -2.52. The molecule has 2 heterocycles. The number of benzene rings is 1. The highest BCUT2D eigenvalue weighted by atomic mass is 16.2. The van der Waals surface area contributed by atoms with E-state index in [1.807, 2.05) is 18.2 Å². The number of carbonyl (C=O) groups excluding carboxylic acids is 3. The largest absolute Gasteiger partial charge is 0.339 e. The Morgan fingerprint density at radius 3 is 2.35 bits per heavy atom. The van der Waals surface area contributed by atoms with Crippen molar-refractivity contribution in [2.24, 2.45) is 0 Å². The van der Waals surface area contributed by atoms with E-state index in [0.717, 1.165) is 38.9 Å². The number of carbonyl (C=O) groups is 3. The minimum atomic E-state index is -0.723. The van der Waals surface area contributed by atoms with Crippen molar-refractivity contribution < 1.29 is 14.4 Å². The average molecular weight is 425 g/mol. The molecule has 2 saturated heterocycles. The summed E-state index contributed by atoms with van der Waals surface area (Å²) in [5.41, 5.74) is 0.455. The molecule has 7 heteroatoms. The Kier molecular flexibility index (Phi) is 6.41. The molecule has 166 valence electrons. The van der Waals surface area contributed by atoms with Gasteiger partial charge in [-0.25, -0.2) is 4.79 Å². The predicted molar refractivity (Wildman–Crippen MR) is 119 cm³/mol. The van der Waals surface area contributed by atoms with Gasteiger partial charge in [-0.1, -0.05) is 61.7 Å². The number of hydrogen-bond donors (Lipinski definition) is 0. The van der Waals surface area contributed by atoms with Crippen LogP contribution in [0.1, 0.15) is 37.7 Å². The first kappa shape index (κ1) is 21.6. The summed E-state index contributed by atoms with van der Waals surface area (Å²) in [4.78, 5) is 45.5. The smallest absolute Gasteiger partial charge is 0.327 e. The van der Waals surface area contributed by atoms with Gasteiger partial charge < -0.3 is 9.80 Å². The van der Waals surface area contributed by atoms with Gasteiger partial charge in [-0.3, -0.25) is 19.4 Å². The summed E-state index contributed by atoms with van der Waals surface area (Å²) in [6.07, 6.45) is 8.66. The zero-order valence-corrected chi connectivity index (χ0v) is 18.3. The summed E-state index contributed by atoms with van der Waals surface area (Å²) in [5, 5.41) is 0. The summed E-state index contributed by atoms with van der Waals surface area (Å²) < 4.78 is 0. The molecule has 0 atom stereocenters. The van der Waals surface area contributed by atoms with Crippen LogP contribution in [0.2, 0.25) is 0 Å². The Bertz CT molecular complexity index is 840. The molecule has 3 fully saturated rings. The molecule has 2 aliphatic heterocycles. The predicted octanol–water partition coefficient (Wildman–Crippen LogP) is 2.44. The molecular formula is C24H32N4O3. The van der Waals surface area contributed by atoms with Gasteiger partial charge in [0.05, 0.1) is 0 Å². The third-order valence-electron chi connectivity index (χ3n) is 6.98. The standard InChI is InChI=1S/C24H32N4O3/c1-25-23(31)28(22(30)24(25)12-6-3-7-13-24)19-21(29)27-17-15-26(16-18-27)14-8-11-20-9-4-2-5-10-20/h2,4-5,8-11H,3,6-7,12-19H2,1H3/b11-8+. The first-order valence-electron chi connectivity index (χ1n) is 11.3. The minimum absolute atomic E-state index is 0.137. The van der Waals surface area contributed by atoms with Crippen LogP contribution in [-0.4, -0.2) is 89.3 Å². The molecule has 0 aromatic heterocycles. The number of piperazine rings is 1. The van der Waals surface area contributed by atoms with Gasteiger partial charge in [-0.2, -0.15) is 0 Å². The third kappa shape index (κ3) is 4.37. The lowest BCUT2D eigenvalue weighted by molar-refractivity contribution is -0.141. The maximum absolute atomic E-state index is 13.1. The van der Waals surface area contributed by atoms with Crippen molar-refractivity contribution in [1.82, 2.24) is 19.6 Å². The van der Waals surface area contributed by atoms with E-state index in [1.54, 1.807) is 16.8 Å². The molecular weight excluding hydrogens is 392 g/mol. The minimum Gasteiger partial charge on any atom is -0.339 e. The number of rotatable bonds is 5. The molecule has 3 aliphatic rings. The van der Waals surface area contributed by atoms with E-state index < -0.39 is 5.54 Å². The lowest BCUT2D eigenvalue weighted by atomic mass is 9.81. The van der Waals surface area contributed by atoms with Crippen molar-refractivity contribution in [3.8, 4) is 0 Å². The van der Waals surface area contributed by atoms with Gasteiger partial charge in [0, 0.05) is 39.8 Å². The van der Waals surface area contributed by atoms with Gasteiger partial charge in [-0.05, 0) is 18.4 Å². The van der Waals surface area contributed by atoms with Crippen molar-refractivity contribution in [2.45, 2.75) is 37.6 Å². The van der Waals surface area contributed by atoms with Crippen LogP contribution in [0, 0.1) is 0 Å². The van der Waals surface area contributed by atoms with Crippen molar-refractivity contribution in [3.63, 3.8) is 0 Å². The first-order valence-corrected chi connectivity index (χ1v) is 11.3. The SMILES string of the molecule is CN1C(=O)N(CC(=O)N2CCN(C/C=C/c3ccccc3)CC2)C(=O)C12CCCCC2. The molecule has 0 N–H and O–H groups in total. The highest BCUT2D eigenvalue weighted by Crippen LogP contribution is 2.39. The Balaban J connectivity index is 1.28. The van der Waals surface area contributed by atoms with Gasteiger partial charge in [0.25, 0.3) is 5.91 Å².